The van der Waals surface area contributed by atoms with Gasteiger partial charge in [-0.1, -0.05) is 0 Å². The van der Waals surface area contributed by atoms with Crippen LogP contribution in [0.4, 0.5) is 5.13 Å². The second-order valence-electron chi connectivity index (χ2n) is 3.33. The standard InChI is InChI=1S/C9H15N3O2S2/c1-16(14)4-2-3-11-8(13)5-7-6-15-9(10)12-7/h6H,2-5H2,1H3,(H2,10,12)(H,11,13). The number of rotatable bonds is 6. The van der Waals surface area contributed by atoms with E-state index in [1.165, 1.54) is 11.3 Å². The maximum atomic E-state index is 11.4. The van der Waals surface area contributed by atoms with E-state index in [1.807, 2.05) is 0 Å². The number of amides is 1. The maximum absolute atomic E-state index is 11.4. The zero-order valence-corrected chi connectivity index (χ0v) is 10.7. The molecule has 0 aliphatic rings. The number of nitrogens with zero attached hydrogens (tertiary/aromatic N) is 1. The SMILES string of the molecule is CS(=O)CCCNC(=O)Cc1csc(N)n1. The summed E-state index contributed by atoms with van der Waals surface area (Å²) >= 11 is 1.33. The molecule has 0 fully saturated rings. The number of thiazole rings is 1. The van der Waals surface area contributed by atoms with Crippen LogP contribution in [-0.4, -0.2) is 33.7 Å². The largest absolute Gasteiger partial charge is 0.375 e. The fourth-order valence-electron chi connectivity index (χ4n) is 1.13. The molecule has 0 aliphatic carbocycles. The fraction of sp³-hybridized carbons (Fsp3) is 0.556. The van der Waals surface area contributed by atoms with Crippen LogP contribution in [0.15, 0.2) is 5.38 Å². The summed E-state index contributed by atoms with van der Waals surface area (Å²) in [5.74, 6) is 0.538. The van der Waals surface area contributed by atoms with Crippen molar-refractivity contribution in [1.82, 2.24) is 10.3 Å². The zero-order chi connectivity index (χ0) is 12.0. The molecule has 1 aromatic rings. The molecule has 0 aliphatic heterocycles. The van der Waals surface area contributed by atoms with E-state index in [4.69, 9.17) is 5.73 Å². The van der Waals surface area contributed by atoms with Gasteiger partial charge in [0.2, 0.25) is 5.91 Å². The molecule has 7 heteroatoms. The van der Waals surface area contributed by atoms with Gasteiger partial charge in [0.15, 0.2) is 5.13 Å². The van der Waals surface area contributed by atoms with Gasteiger partial charge in [0.05, 0.1) is 12.1 Å². The molecule has 3 N–H and O–H groups in total. The van der Waals surface area contributed by atoms with Crippen LogP contribution in [-0.2, 0) is 22.0 Å². The number of nitrogen functional groups attached to an aromatic ring is 1. The van der Waals surface area contributed by atoms with Crippen LogP contribution < -0.4 is 11.1 Å². The Balaban J connectivity index is 2.18. The van der Waals surface area contributed by atoms with Gasteiger partial charge in [0.25, 0.3) is 0 Å². The minimum absolute atomic E-state index is 0.0767. The third-order valence-electron chi connectivity index (χ3n) is 1.84. The van der Waals surface area contributed by atoms with E-state index in [1.54, 1.807) is 11.6 Å². The summed E-state index contributed by atoms with van der Waals surface area (Å²) in [6, 6.07) is 0. The molecular formula is C9H15N3O2S2. The topological polar surface area (TPSA) is 85.1 Å². The molecule has 1 rings (SSSR count). The lowest BCUT2D eigenvalue weighted by Gasteiger charge is -2.02. The number of hydrogen-bond acceptors (Lipinski definition) is 5. The molecular weight excluding hydrogens is 246 g/mol. The van der Waals surface area contributed by atoms with Crippen LogP contribution in [0.3, 0.4) is 0 Å². The number of carbonyl (C=O) groups excluding carboxylic acids is 1. The van der Waals surface area contributed by atoms with Gasteiger partial charge in [-0.15, -0.1) is 11.3 Å². The van der Waals surface area contributed by atoms with Crippen LogP contribution in [0.1, 0.15) is 12.1 Å². The second kappa shape index (κ2) is 6.59. The van der Waals surface area contributed by atoms with Crippen molar-refractivity contribution in [3.05, 3.63) is 11.1 Å². The molecule has 1 amide bonds. The first kappa shape index (κ1) is 13.1. The number of hydrogen-bond donors (Lipinski definition) is 2. The summed E-state index contributed by atoms with van der Waals surface area (Å²) in [5, 5.41) is 5.00. The molecule has 90 valence electrons. The van der Waals surface area contributed by atoms with Crippen LogP contribution in [0.2, 0.25) is 0 Å². The Bertz CT molecular complexity index is 379. The zero-order valence-electron chi connectivity index (χ0n) is 9.06. The van der Waals surface area contributed by atoms with E-state index in [-0.39, 0.29) is 12.3 Å². The molecule has 16 heavy (non-hydrogen) atoms. The van der Waals surface area contributed by atoms with Gasteiger partial charge in [-0.3, -0.25) is 9.00 Å². The predicted octanol–water partition coefficient (Wildman–Crippen LogP) is 0.153. The highest BCUT2D eigenvalue weighted by Crippen LogP contribution is 2.11. The van der Waals surface area contributed by atoms with Gasteiger partial charge < -0.3 is 11.1 Å². The van der Waals surface area contributed by atoms with Crippen molar-refractivity contribution in [2.24, 2.45) is 0 Å². The summed E-state index contributed by atoms with van der Waals surface area (Å²) in [5.41, 5.74) is 6.14. The first-order valence-electron chi connectivity index (χ1n) is 4.84. The van der Waals surface area contributed by atoms with E-state index < -0.39 is 10.8 Å². The maximum Gasteiger partial charge on any atom is 0.226 e. The molecule has 0 spiro atoms. The van der Waals surface area contributed by atoms with E-state index >= 15 is 0 Å². The number of nitrogens with two attached hydrogens (primary N) is 1. The van der Waals surface area contributed by atoms with Crippen molar-refractivity contribution in [3.8, 4) is 0 Å². The molecule has 0 saturated carbocycles. The number of carbonyl (C=O) groups is 1. The van der Waals surface area contributed by atoms with Gasteiger partial charge >= 0.3 is 0 Å². The minimum atomic E-state index is -0.793. The lowest BCUT2D eigenvalue weighted by molar-refractivity contribution is -0.120. The molecule has 0 radical (unpaired) electrons. The van der Waals surface area contributed by atoms with Crippen molar-refractivity contribution in [2.75, 3.05) is 24.3 Å². The Morgan fingerprint density at radius 1 is 1.69 bits per heavy atom. The molecule has 1 atom stereocenters. The van der Waals surface area contributed by atoms with Crippen LogP contribution in [0, 0.1) is 0 Å². The van der Waals surface area contributed by atoms with Gasteiger partial charge in [-0.2, -0.15) is 0 Å². The van der Waals surface area contributed by atoms with Crippen molar-refractivity contribution in [1.29, 1.82) is 0 Å². The Morgan fingerprint density at radius 3 is 3.00 bits per heavy atom. The Morgan fingerprint density at radius 2 is 2.44 bits per heavy atom. The van der Waals surface area contributed by atoms with Crippen molar-refractivity contribution >= 4 is 33.2 Å². The summed E-state index contributed by atoms with van der Waals surface area (Å²) < 4.78 is 10.8. The highest BCUT2D eigenvalue weighted by atomic mass is 32.2. The van der Waals surface area contributed by atoms with Crippen molar-refractivity contribution in [3.63, 3.8) is 0 Å². The predicted molar refractivity (Wildman–Crippen MR) is 66.8 cm³/mol. The Kier molecular flexibility index (Phi) is 5.41. The first-order valence-corrected chi connectivity index (χ1v) is 7.45. The third kappa shape index (κ3) is 5.22. The van der Waals surface area contributed by atoms with Crippen LogP contribution in [0.5, 0.6) is 0 Å². The molecule has 1 heterocycles. The number of aromatic nitrogens is 1. The quantitative estimate of drug-likeness (QED) is 0.714. The summed E-state index contributed by atoms with van der Waals surface area (Å²) in [4.78, 5) is 15.4. The fourth-order valence-corrected chi connectivity index (χ4v) is 2.25. The summed E-state index contributed by atoms with van der Waals surface area (Å²) in [6.45, 7) is 0.554. The van der Waals surface area contributed by atoms with E-state index in [0.29, 0.717) is 23.1 Å². The van der Waals surface area contributed by atoms with Gasteiger partial charge in [0, 0.05) is 34.7 Å². The van der Waals surface area contributed by atoms with Gasteiger partial charge in [-0.25, -0.2) is 4.98 Å². The van der Waals surface area contributed by atoms with E-state index in [2.05, 4.69) is 10.3 Å². The van der Waals surface area contributed by atoms with Gasteiger partial charge in [-0.05, 0) is 6.42 Å². The van der Waals surface area contributed by atoms with Crippen LogP contribution >= 0.6 is 11.3 Å². The molecule has 1 aromatic heterocycles. The molecule has 0 aromatic carbocycles. The molecule has 1 unspecified atom stereocenters. The summed E-state index contributed by atoms with van der Waals surface area (Å²) in [6.07, 6.45) is 2.64. The summed E-state index contributed by atoms with van der Waals surface area (Å²) in [7, 11) is -0.793. The average molecular weight is 261 g/mol. The smallest absolute Gasteiger partial charge is 0.226 e. The lowest BCUT2D eigenvalue weighted by atomic mass is 10.3. The van der Waals surface area contributed by atoms with E-state index in [0.717, 1.165) is 6.42 Å². The first-order chi connectivity index (χ1) is 7.58. The highest BCUT2D eigenvalue weighted by Gasteiger charge is 2.05. The van der Waals surface area contributed by atoms with Crippen LogP contribution in [0.25, 0.3) is 0 Å². The Labute approximate surface area is 101 Å². The minimum Gasteiger partial charge on any atom is -0.375 e. The second-order valence-corrected chi connectivity index (χ2v) is 5.78. The van der Waals surface area contributed by atoms with Gasteiger partial charge in [0.1, 0.15) is 0 Å². The highest BCUT2D eigenvalue weighted by molar-refractivity contribution is 7.84. The molecule has 0 saturated heterocycles. The van der Waals surface area contributed by atoms with E-state index in [9.17, 15) is 9.00 Å². The normalized spacial score (nSPS) is 12.3. The third-order valence-corrected chi connectivity index (χ3v) is 3.43. The average Bonchev–Trinajstić information content (AvgIpc) is 2.58. The van der Waals surface area contributed by atoms with Crippen molar-refractivity contribution in [2.45, 2.75) is 12.8 Å². The monoisotopic (exact) mass is 261 g/mol. The Hall–Kier alpha value is -0.950. The van der Waals surface area contributed by atoms with Crippen molar-refractivity contribution < 1.29 is 9.00 Å². The molecule has 0 bridgehead atoms. The lowest BCUT2D eigenvalue weighted by Crippen LogP contribution is -2.27. The molecule has 5 nitrogen and oxygen atoms in total. The number of anilines is 1. The number of nitrogens with one attached hydrogen (secondary N) is 1.